The van der Waals surface area contributed by atoms with Crippen molar-refractivity contribution in [3.63, 3.8) is 0 Å². The molecule has 0 bridgehead atoms. The summed E-state index contributed by atoms with van der Waals surface area (Å²) in [6.45, 7) is 4.62. The van der Waals surface area contributed by atoms with Gasteiger partial charge in [0.2, 0.25) is 0 Å². The summed E-state index contributed by atoms with van der Waals surface area (Å²) < 4.78 is 0.968. The molecule has 0 saturated carbocycles. The number of nitrogens with zero attached hydrogens (tertiary/aromatic N) is 2. The van der Waals surface area contributed by atoms with E-state index in [1.807, 2.05) is 12.1 Å². The second-order valence-electron chi connectivity index (χ2n) is 5.81. The van der Waals surface area contributed by atoms with Crippen LogP contribution >= 0.6 is 15.9 Å². The van der Waals surface area contributed by atoms with Crippen molar-refractivity contribution in [1.82, 2.24) is 4.90 Å². The van der Waals surface area contributed by atoms with Gasteiger partial charge in [-0.05, 0) is 50.6 Å². The zero-order valence-corrected chi connectivity index (χ0v) is 13.3. The van der Waals surface area contributed by atoms with E-state index >= 15 is 0 Å². The van der Waals surface area contributed by atoms with E-state index in [1.54, 1.807) is 0 Å². The number of anilines is 1. The predicted molar refractivity (Wildman–Crippen MR) is 85.6 cm³/mol. The quantitative estimate of drug-likeness (QED) is 0.791. The van der Waals surface area contributed by atoms with Crippen LogP contribution < -0.4 is 4.90 Å². The Kier molecular flexibility index (Phi) is 4.41. The number of halogens is 1. The molecule has 4 heteroatoms. The van der Waals surface area contributed by atoms with Crippen LogP contribution in [0.4, 0.5) is 5.69 Å². The van der Waals surface area contributed by atoms with Crippen LogP contribution in [-0.2, 0) is 0 Å². The lowest BCUT2D eigenvalue weighted by atomic mass is 10.1. The fourth-order valence-electron chi connectivity index (χ4n) is 3.45. The topological polar surface area (TPSA) is 23.6 Å². The summed E-state index contributed by atoms with van der Waals surface area (Å²) in [5.74, 6) is 0. The average Bonchev–Trinajstić information content (AvgIpc) is 2.97. The molecule has 3 nitrogen and oxygen atoms in total. The normalized spacial score (nSPS) is 24.1. The van der Waals surface area contributed by atoms with Crippen molar-refractivity contribution in [1.29, 1.82) is 0 Å². The second kappa shape index (κ2) is 6.27. The Morgan fingerprint density at radius 2 is 1.95 bits per heavy atom. The van der Waals surface area contributed by atoms with Gasteiger partial charge < -0.3 is 4.90 Å². The van der Waals surface area contributed by atoms with Gasteiger partial charge in [0.05, 0.1) is 0 Å². The van der Waals surface area contributed by atoms with Gasteiger partial charge in [0.15, 0.2) is 6.29 Å². The molecule has 2 saturated heterocycles. The molecule has 108 valence electrons. The van der Waals surface area contributed by atoms with Gasteiger partial charge in [-0.1, -0.05) is 22.4 Å². The van der Waals surface area contributed by atoms with Gasteiger partial charge in [0.25, 0.3) is 0 Å². The van der Waals surface area contributed by atoms with E-state index in [1.165, 1.54) is 38.8 Å². The molecule has 2 heterocycles. The summed E-state index contributed by atoms with van der Waals surface area (Å²) in [6, 6.07) is 6.66. The maximum Gasteiger partial charge on any atom is 0.152 e. The van der Waals surface area contributed by atoms with Gasteiger partial charge in [0, 0.05) is 34.9 Å². The Bertz CT molecular complexity index is 485. The number of aldehydes is 1. The fraction of sp³-hybridized carbons (Fsp3) is 0.562. The Labute approximate surface area is 129 Å². The zero-order chi connectivity index (χ0) is 13.9. The molecule has 2 aliphatic heterocycles. The van der Waals surface area contributed by atoms with Gasteiger partial charge in [-0.2, -0.15) is 0 Å². The van der Waals surface area contributed by atoms with Crippen LogP contribution in [-0.4, -0.2) is 43.4 Å². The summed E-state index contributed by atoms with van der Waals surface area (Å²) in [7, 11) is 0. The second-order valence-corrected chi connectivity index (χ2v) is 6.72. The first kappa shape index (κ1) is 14.1. The third kappa shape index (κ3) is 2.91. The first-order valence-corrected chi connectivity index (χ1v) is 8.31. The maximum absolute atomic E-state index is 11.3. The molecular formula is C16H21BrN2O. The molecule has 20 heavy (non-hydrogen) atoms. The maximum atomic E-state index is 11.3. The highest BCUT2D eigenvalue weighted by Crippen LogP contribution is 2.28. The molecule has 0 spiro atoms. The van der Waals surface area contributed by atoms with Crippen molar-refractivity contribution >= 4 is 27.9 Å². The standard InChI is InChI=1S/C16H21BrN2O/c17-14-4-5-16(13(10-14)12-20)19-9-6-15(11-19)18-7-2-1-3-8-18/h4-5,10,12,15H,1-3,6-9,11H2. The number of carbonyl (C=O) groups excluding carboxylic acids is 1. The Morgan fingerprint density at radius 1 is 1.15 bits per heavy atom. The number of rotatable bonds is 3. The summed E-state index contributed by atoms with van der Waals surface area (Å²) in [5, 5.41) is 0. The Morgan fingerprint density at radius 3 is 2.70 bits per heavy atom. The van der Waals surface area contributed by atoms with E-state index < -0.39 is 0 Å². The monoisotopic (exact) mass is 336 g/mol. The smallest absolute Gasteiger partial charge is 0.152 e. The zero-order valence-electron chi connectivity index (χ0n) is 11.7. The van der Waals surface area contributed by atoms with Crippen LogP contribution in [0.2, 0.25) is 0 Å². The lowest BCUT2D eigenvalue weighted by molar-refractivity contribution is 0.112. The SMILES string of the molecule is O=Cc1cc(Br)ccc1N1CCC(N2CCCCC2)C1. The van der Waals surface area contributed by atoms with Crippen LogP contribution in [0.5, 0.6) is 0 Å². The largest absolute Gasteiger partial charge is 0.369 e. The van der Waals surface area contributed by atoms with Gasteiger partial charge in [0.1, 0.15) is 0 Å². The van der Waals surface area contributed by atoms with Crippen LogP contribution in [0, 0.1) is 0 Å². The molecular weight excluding hydrogens is 316 g/mol. The highest BCUT2D eigenvalue weighted by Gasteiger charge is 2.29. The van der Waals surface area contributed by atoms with Crippen molar-refractivity contribution in [2.45, 2.75) is 31.7 Å². The van der Waals surface area contributed by atoms with E-state index in [4.69, 9.17) is 0 Å². The van der Waals surface area contributed by atoms with Crippen LogP contribution in [0.25, 0.3) is 0 Å². The molecule has 1 unspecified atom stereocenters. The van der Waals surface area contributed by atoms with E-state index in [9.17, 15) is 4.79 Å². The average molecular weight is 337 g/mol. The molecule has 0 N–H and O–H groups in total. The van der Waals surface area contributed by atoms with E-state index in [2.05, 4.69) is 31.8 Å². The first-order valence-electron chi connectivity index (χ1n) is 7.51. The predicted octanol–water partition coefficient (Wildman–Crippen LogP) is 3.33. The molecule has 2 fully saturated rings. The molecule has 0 amide bonds. The Balaban J connectivity index is 1.71. The summed E-state index contributed by atoms with van der Waals surface area (Å²) in [5.41, 5.74) is 1.88. The Hall–Kier alpha value is -0.870. The minimum Gasteiger partial charge on any atom is -0.369 e. The third-order valence-electron chi connectivity index (χ3n) is 4.53. The molecule has 1 atom stereocenters. The van der Waals surface area contributed by atoms with Crippen LogP contribution in [0.15, 0.2) is 22.7 Å². The molecule has 0 aromatic heterocycles. The number of carbonyl (C=O) groups is 1. The molecule has 1 aromatic rings. The summed E-state index contributed by atoms with van der Waals surface area (Å²) >= 11 is 3.43. The number of hydrogen-bond acceptors (Lipinski definition) is 3. The van der Waals surface area contributed by atoms with Gasteiger partial charge in [-0.15, -0.1) is 0 Å². The van der Waals surface area contributed by atoms with Crippen LogP contribution in [0.1, 0.15) is 36.0 Å². The van der Waals surface area contributed by atoms with E-state index in [-0.39, 0.29) is 0 Å². The van der Waals surface area contributed by atoms with E-state index in [0.29, 0.717) is 6.04 Å². The van der Waals surface area contributed by atoms with Gasteiger partial charge in [-0.25, -0.2) is 0 Å². The minimum absolute atomic E-state index is 0.665. The van der Waals surface area contributed by atoms with Gasteiger partial charge >= 0.3 is 0 Å². The van der Waals surface area contributed by atoms with Gasteiger partial charge in [-0.3, -0.25) is 9.69 Å². The molecule has 0 radical (unpaired) electrons. The van der Waals surface area contributed by atoms with E-state index in [0.717, 1.165) is 35.1 Å². The minimum atomic E-state index is 0.665. The number of hydrogen-bond donors (Lipinski definition) is 0. The van der Waals surface area contributed by atoms with Crippen molar-refractivity contribution in [3.8, 4) is 0 Å². The van der Waals surface area contributed by atoms with Crippen molar-refractivity contribution in [2.75, 3.05) is 31.1 Å². The third-order valence-corrected chi connectivity index (χ3v) is 5.02. The lowest BCUT2D eigenvalue weighted by Crippen LogP contribution is -2.40. The lowest BCUT2D eigenvalue weighted by Gasteiger charge is -2.32. The first-order chi connectivity index (χ1) is 9.78. The molecule has 0 aliphatic carbocycles. The van der Waals surface area contributed by atoms with Crippen molar-refractivity contribution < 1.29 is 4.79 Å². The van der Waals surface area contributed by atoms with Crippen molar-refractivity contribution in [2.24, 2.45) is 0 Å². The molecule has 2 aliphatic rings. The summed E-state index contributed by atoms with van der Waals surface area (Å²) in [6.07, 6.45) is 6.25. The number of benzene rings is 1. The number of likely N-dealkylation sites (tertiary alicyclic amines) is 1. The highest BCUT2D eigenvalue weighted by molar-refractivity contribution is 9.10. The summed E-state index contributed by atoms with van der Waals surface area (Å²) in [4.78, 5) is 16.3. The number of piperidine rings is 1. The fourth-order valence-corrected chi connectivity index (χ4v) is 3.83. The molecule has 3 rings (SSSR count). The molecule has 1 aromatic carbocycles. The highest BCUT2D eigenvalue weighted by atomic mass is 79.9. The van der Waals surface area contributed by atoms with Crippen LogP contribution in [0.3, 0.4) is 0 Å². The van der Waals surface area contributed by atoms with Crippen molar-refractivity contribution in [3.05, 3.63) is 28.2 Å².